The van der Waals surface area contributed by atoms with Gasteiger partial charge < -0.3 is 20.4 Å². The zero-order valence-corrected chi connectivity index (χ0v) is 29.1. The van der Waals surface area contributed by atoms with Gasteiger partial charge in [-0.25, -0.2) is 9.97 Å². The molecule has 3 amide bonds. The minimum absolute atomic E-state index is 0.0137. The normalized spacial score (nSPS) is 15.2. The number of likely N-dealkylation sites (N-methyl/N-ethyl adjacent to an activating group) is 1. The second-order valence-electron chi connectivity index (χ2n) is 13.2. The molecule has 4 aromatic rings. The summed E-state index contributed by atoms with van der Waals surface area (Å²) in [6, 6.07) is 3.15. The van der Waals surface area contributed by atoms with Crippen LogP contribution in [-0.4, -0.2) is 104 Å². The largest absolute Gasteiger partial charge is 0.356 e. The molecule has 4 N–H and O–H groups in total. The van der Waals surface area contributed by atoms with Crippen molar-refractivity contribution in [1.82, 2.24) is 50.5 Å². The van der Waals surface area contributed by atoms with Gasteiger partial charge in [-0.2, -0.15) is 5.21 Å². The number of carbonyl (C=O) groups excluding carboxylic acids is 3. The van der Waals surface area contributed by atoms with Crippen molar-refractivity contribution in [3.63, 3.8) is 0 Å². The van der Waals surface area contributed by atoms with Crippen LogP contribution in [0.25, 0.3) is 17.8 Å². The van der Waals surface area contributed by atoms with E-state index in [9.17, 15) is 19.2 Å². The number of H-pyrrole nitrogens is 1. The maximum absolute atomic E-state index is 13.9. The fourth-order valence-corrected chi connectivity index (χ4v) is 6.35. The van der Waals surface area contributed by atoms with Crippen LogP contribution in [0.15, 0.2) is 28.5 Å². The number of aromatic amines is 1. The van der Waals surface area contributed by atoms with E-state index >= 15 is 0 Å². The molecule has 17 heteroatoms. The van der Waals surface area contributed by atoms with Gasteiger partial charge in [0.2, 0.25) is 11.8 Å². The predicted octanol–water partition coefficient (Wildman–Crippen LogP) is 1.78. The van der Waals surface area contributed by atoms with E-state index in [0.29, 0.717) is 66.1 Å². The van der Waals surface area contributed by atoms with Crippen molar-refractivity contribution in [1.29, 1.82) is 0 Å². The number of thiazole rings is 1. The summed E-state index contributed by atoms with van der Waals surface area (Å²) in [6.45, 7) is 8.25. The summed E-state index contributed by atoms with van der Waals surface area (Å²) in [4.78, 5) is 65.0. The number of hydrogen-bond donors (Lipinski definition) is 4. The molecule has 0 saturated carbocycles. The molecule has 1 saturated heterocycles. The van der Waals surface area contributed by atoms with E-state index in [2.05, 4.69) is 62.3 Å². The van der Waals surface area contributed by atoms with Gasteiger partial charge in [-0.1, -0.05) is 20.8 Å². The van der Waals surface area contributed by atoms with Crippen molar-refractivity contribution in [3.05, 3.63) is 56.7 Å². The van der Waals surface area contributed by atoms with Crippen molar-refractivity contribution in [3.8, 4) is 0 Å². The predicted molar refractivity (Wildman–Crippen MR) is 187 cm³/mol. The Morgan fingerprint density at radius 2 is 1.90 bits per heavy atom. The van der Waals surface area contributed by atoms with Crippen molar-refractivity contribution in [2.45, 2.75) is 45.4 Å². The number of pyridine rings is 1. The van der Waals surface area contributed by atoms with Crippen LogP contribution >= 0.6 is 11.3 Å². The van der Waals surface area contributed by atoms with Gasteiger partial charge in [-0.05, 0) is 62.4 Å². The molecule has 5 rings (SSSR count). The van der Waals surface area contributed by atoms with Crippen LogP contribution in [0.2, 0.25) is 0 Å². The first-order chi connectivity index (χ1) is 23.4. The molecule has 0 radical (unpaired) electrons. The lowest BCUT2D eigenvalue weighted by atomic mass is 9.93. The van der Waals surface area contributed by atoms with Gasteiger partial charge in [0.1, 0.15) is 11.5 Å². The molecular formula is C32H42N12O4S. The van der Waals surface area contributed by atoms with E-state index in [1.165, 1.54) is 21.9 Å². The number of amides is 3. The van der Waals surface area contributed by atoms with E-state index < -0.39 is 0 Å². The number of aromatic nitrogens is 7. The van der Waals surface area contributed by atoms with E-state index in [4.69, 9.17) is 4.98 Å². The van der Waals surface area contributed by atoms with Crippen molar-refractivity contribution >= 4 is 57.8 Å². The van der Waals surface area contributed by atoms with Crippen molar-refractivity contribution in [2.24, 2.45) is 5.92 Å². The van der Waals surface area contributed by atoms with E-state index in [0.717, 1.165) is 18.5 Å². The second-order valence-corrected chi connectivity index (χ2v) is 14.1. The molecule has 4 aromatic heterocycles. The highest BCUT2D eigenvalue weighted by Gasteiger charge is 2.26. The quantitative estimate of drug-likeness (QED) is 0.158. The van der Waals surface area contributed by atoms with Crippen LogP contribution in [0.1, 0.15) is 67.5 Å². The highest BCUT2D eigenvalue weighted by molar-refractivity contribution is 7.14. The van der Waals surface area contributed by atoms with E-state index in [-0.39, 0.29) is 41.2 Å². The minimum atomic E-state index is -0.365. The van der Waals surface area contributed by atoms with Gasteiger partial charge in [-0.15, -0.1) is 21.5 Å². The topological polar surface area (TPSA) is 196 Å². The summed E-state index contributed by atoms with van der Waals surface area (Å²) in [5, 5.41) is 24.8. The van der Waals surface area contributed by atoms with E-state index in [1.54, 1.807) is 29.2 Å². The molecule has 16 nitrogen and oxygen atoms in total. The lowest BCUT2D eigenvalue weighted by Gasteiger charge is -2.34. The molecule has 49 heavy (non-hydrogen) atoms. The number of tetrazole rings is 1. The molecule has 1 fully saturated rings. The SMILES string of the molecule is CN(C)CC(=O)NCCNC(=O)CC1CCCN(c2nc3cc(C(=O)Nc4nc(C(C)(C)C)cs4)ccn3c(=O)c2C=Cc2nn[nH]n2)C1. The molecule has 1 aliphatic rings. The summed E-state index contributed by atoms with van der Waals surface area (Å²) in [6.07, 6.45) is 6.64. The van der Waals surface area contributed by atoms with Gasteiger partial charge in [0.25, 0.3) is 11.5 Å². The molecule has 260 valence electrons. The van der Waals surface area contributed by atoms with Crippen LogP contribution in [-0.2, 0) is 15.0 Å². The highest BCUT2D eigenvalue weighted by atomic mass is 32.1. The Morgan fingerprint density at radius 3 is 2.59 bits per heavy atom. The van der Waals surface area contributed by atoms with E-state index in [1.807, 2.05) is 24.4 Å². The summed E-state index contributed by atoms with van der Waals surface area (Å²) < 4.78 is 1.39. The monoisotopic (exact) mass is 690 g/mol. The number of carbonyl (C=O) groups is 3. The fraction of sp³-hybridized carbons (Fsp3) is 0.469. The lowest BCUT2D eigenvalue weighted by molar-refractivity contribution is -0.123. The number of rotatable bonds is 12. The Bertz CT molecular complexity index is 1880. The van der Waals surface area contributed by atoms with Crippen molar-refractivity contribution < 1.29 is 14.4 Å². The van der Waals surface area contributed by atoms with Crippen LogP contribution in [0.5, 0.6) is 0 Å². The lowest BCUT2D eigenvalue weighted by Crippen LogP contribution is -2.41. The Balaban J connectivity index is 1.35. The molecule has 0 bridgehead atoms. The molecule has 5 heterocycles. The zero-order chi connectivity index (χ0) is 35.1. The molecule has 1 atom stereocenters. The maximum Gasteiger partial charge on any atom is 0.267 e. The number of fused-ring (bicyclic) bond motifs is 1. The summed E-state index contributed by atoms with van der Waals surface area (Å²) in [5.41, 5.74) is 1.34. The van der Waals surface area contributed by atoms with Crippen LogP contribution in [0.4, 0.5) is 10.9 Å². The number of anilines is 2. The van der Waals surface area contributed by atoms with Crippen LogP contribution in [0, 0.1) is 5.92 Å². The summed E-state index contributed by atoms with van der Waals surface area (Å²) in [7, 11) is 3.63. The smallest absolute Gasteiger partial charge is 0.267 e. The average Bonchev–Trinajstić information content (AvgIpc) is 3.75. The van der Waals surface area contributed by atoms with Gasteiger partial charge in [0.15, 0.2) is 11.0 Å². The Kier molecular flexibility index (Phi) is 11.1. The summed E-state index contributed by atoms with van der Waals surface area (Å²) in [5.74, 6) is 0.168. The molecule has 1 aliphatic heterocycles. The number of nitrogens with one attached hydrogen (secondary N) is 4. The Morgan fingerprint density at radius 1 is 1.12 bits per heavy atom. The number of nitrogens with zero attached hydrogens (tertiary/aromatic N) is 8. The standard InChI is InChI=1S/C32H42N12O4S/c1-32(2,3)23-19-49-31(35-23)37-29(47)21-10-14-44-25(16-21)36-28(22(30(44)48)8-9-24-38-40-41-39-24)43-13-6-7-20(17-43)15-26(45)33-11-12-34-27(46)18-42(4)5/h8-10,14,16,19-20H,6-7,11-13,15,17-18H2,1-5H3,(H,33,45)(H,34,46)(H,35,37,47)(H,38,39,40,41). The van der Waals surface area contributed by atoms with Gasteiger partial charge in [0, 0.05) is 55.2 Å². The third-order valence-corrected chi connectivity index (χ3v) is 8.64. The highest BCUT2D eigenvalue weighted by Crippen LogP contribution is 2.28. The first-order valence-electron chi connectivity index (χ1n) is 16.1. The average molecular weight is 691 g/mol. The Labute approximate surface area is 287 Å². The molecule has 1 unspecified atom stereocenters. The van der Waals surface area contributed by atoms with Crippen LogP contribution < -0.4 is 26.4 Å². The third-order valence-electron chi connectivity index (χ3n) is 7.88. The minimum Gasteiger partial charge on any atom is -0.356 e. The van der Waals surface area contributed by atoms with Gasteiger partial charge in [-0.3, -0.25) is 28.9 Å². The molecule has 0 aromatic carbocycles. The molecule has 0 spiro atoms. The Hall–Kier alpha value is -5.03. The number of piperidine rings is 1. The molecular weight excluding hydrogens is 648 g/mol. The van der Waals surface area contributed by atoms with Gasteiger partial charge in [0.05, 0.1) is 17.8 Å². The first-order valence-corrected chi connectivity index (χ1v) is 16.9. The fourth-order valence-electron chi connectivity index (χ4n) is 5.42. The maximum atomic E-state index is 13.9. The van der Waals surface area contributed by atoms with Crippen molar-refractivity contribution in [2.75, 3.05) is 57.0 Å². The molecule has 0 aliphatic carbocycles. The zero-order valence-electron chi connectivity index (χ0n) is 28.3. The number of hydrogen-bond acceptors (Lipinski definition) is 12. The second kappa shape index (κ2) is 15.5. The van der Waals surface area contributed by atoms with Crippen LogP contribution in [0.3, 0.4) is 0 Å². The van der Waals surface area contributed by atoms with Gasteiger partial charge >= 0.3 is 0 Å². The third kappa shape index (κ3) is 9.32. The summed E-state index contributed by atoms with van der Waals surface area (Å²) >= 11 is 1.35. The first kappa shape index (κ1) is 35.3.